The zero-order valence-electron chi connectivity index (χ0n) is 15.5. The summed E-state index contributed by atoms with van der Waals surface area (Å²) in [6, 6.07) is 6.54. The van der Waals surface area contributed by atoms with E-state index in [0.29, 0.717) is 11.8 Å². The van der Waals surface area contributed by atoms with Gasteiger partial charge in [0, 0.05) is 19.0 Å². The van der Waals surface area contributed by atoms with Crippen LogP contribution in [0.3, 0.4) is 0 Å². The molecular formula is C19H29N3O3S. The van der Waals surface area contributed by atoms with Crippen LogP contribution in [0, 0.1) is 17.8 Å². The van der Waals surface area contributed by atoms with E-state index in [1.807, 2.05) is 14.0 Å². The summed E-state index contributed by atoms with van der Waals surface area (Å²) in [4.78, 5) is 14.9. The molecule has 26 heavy (non-hydrogen) atoms. The van der Waals surface area contributed by atoms with Crippen LogP contribution in [0.5, 0.6) is 0 Å². The van der Waals surface area contributed by atoms with Crippen LogP contribution in [0.25, 0.3) is 0 Å². The Labute approximate surface area is 156 Å². The summed E-state index contributed by atoms with van der Waals surface area (Å²) in [5, 5.41) is 5.14. The van der Waals surface area contributed by atoms with Crippen LogP contribution in [0.4, 0.5) is 0 Å². The van der Waals surface area contributed by atoms with Gasteiger partial charge in [0.05, 0.1) is 10.9 Å². The first-order valence-corrected chi connectivity index (χ1v) is 10.9. The smallest absolute Gasteiger partial charge is 0.238 e. The largest absolute Gasteiger partial charge is 0.339 e. The number of rotatable bonds is 4. The highest BCUT2D eigenvalue weighted by molar-refractivity contribution is 7.89. The first kappa shape index (κ1) is 19.3. The zero-order chi connectivity index (χ0) is 19.1. The highest BCUT2D eigenvalue weighted by Gasteiger charge is 2.41. The van der Waals surface area contributed by atoms with Gasteiger partial charge in [-0.25, -0.2) is 13.6 Å². The van der Waals surface area contributed by atoms with Crippen molar-refractivity contribution in [3.8, 4) is 0 Å². The molecular weight excluding hydrogens is 350 g/mol. The van der Waals surface area contributed by atoms with Gasteiger partial charge in [0.2, 0.25) is 15.9 Å². The minimum absolute atomic E-state index is 0.0428. The van der Waals surface area contributed by atoms with Crippen LogP contribution in [-0.2, 0) is 14.8 Å². The minimum atomic E-state index is -3.71. The van der Waals surface area contributed by atoms with Gasteiger partial charge in [-0.1, -0.05) is 18.6 Å². The molecule has 2 aliphatic carbocycles. The van der Waals surface area contributed by atoms with Crippen molar-refractivity contribution >= 4 is 15.9 Å². The third-order valence-electron chi connectivity index (χ3n) is 6.38. The van der Waals surface area contributed by atoms with Gasteiger partial charge >= 0.3 is 0 Å². The molecule has 1 aromatic carbocycles. The van der Waals surface area contributed by atoms with Gasteiger partial charge in [-0.05, 0) is 62.1 Å². The summed E-state index contributed by atoms with van der Waals surface area (Å²) < 4.78 is 22.8. The molecule has 0 spiro atoms. The monoisotopic (exact) mass is 379 g/mol. The first-order valence-electron chi connectivity index (χ1n) is 9.33. The molecule has 3 atom stereocenters. The molecule has 0 saturated heterocycles. The molecule has 3 rings (SSSR count). The van der Waals surface area contributed by atoms with E-state index >= 15 is 0 Å². The van der Waals surface area contributed by atoms with E-state index in [2.05, 4.69) is 0 Å². The highest BCUT2D eigenvalue weighted by atomic mass is 32.2. The number of hydrogen-bond acceptors (Lipinski definition) is 4. The second-order valence-corrected chi connectivity index (χ2v) is 9.50. The number of nitrogens with zero attached hydrogens (tertiary/aromatic N) is 1. The number of amides is 1. The lowest BCUT2D eigenvalue weighted by atomic mass is 9.65. The van der Waals surface area contributed by atoms with E-state index in [0.717, 1.165) is 31.2 Å². The van der Waals surface area contributed by atoms with Gasteiger partial charge in [0.15, 0.2) is 0 Å². The molecule has 0 radical (unpaired) electrons. The number of carbonyl (C=O) groups is 1. The molecule has 6 nitrogen and oxygen atoms in total. The maximum atomic E-state index is 13.0. The fourth-order valence-corrected chi connectivity index (χ4v) is 5.14. The number of fused-ring (bicyclic) bond motifs is 2. The summed E-state index contributed by atoms with van der Waals surface area (Å²) in [5.74, 6) is 1.14. The molecule has 2 fully saturated rings. The van der Waals surface area contributed by atoms with E-state index in [4.69, 9.17) is 10.9 Å². The molecule has 4 N–H and O–H groups in total. The number of nitrogens with two attached hydrogens (primary N) is 2. The highest BCUT2D eigenvalue weighted by Crippen LogP contribution is 2.42. The van der Waals surface area contributed by atoms with E-state index < -0.39 is 10.0 Å². The van der Waals surface area contributed by atoms with Crippen molar-refractivity contribution < 1.29 is 13.2 Å². The molecule has 0 aromatic heterocycles. The van der Waals surface area contributed by atoms with Crippen molar-refractivity contribution in [2.45, 2.75) is 56.0 Å². The van der Waals surface area contributed by atoms with Crippen LogP contribution in [0.15, 0.2) is 29.2 Å². The Morgan fingerprint density at radius 3 is 2.19 bits per heavy atom. The second-order valence-electron chi connectivity index (χ2n) is 7.94. The molecule has 0 aliphatic heterocycles. The Kier molecular flexibility index (Phi) is 5.42. The number of carbonyl (C=O) groups excluding carboxylic acids is 1. The van der Waals surface area contributed by atoms with Gasteiger partial charge in [-0.2, -0.15) is 0 Å². The molecule has 2 bridgehead atoms. The van der Waals surface area contributed by atoms with Crippen LogP contribution in [0.1, 0.15) is 50.6 Å². The molecule has 3 unspecified atom stereocenters. The molecule has 7 heteroatoms. The average molecular weight is 380 g/mol. The Hall–Kier alpha value is -1.44. The summed E-state index contributed by atoms with van der Waals surface area (Å²) in [6.45, 7) is 1.96. The summed E-state index contributed by atoms with van der Waals surface area (Å²) >= 11 is 0. The van der Waals surface area contributed by atoms with Gasteiger partial charge in [0.1, 0.15) is 0 Å². The SMILES string of the molecule is CC(c1ccc(S(N)(=O)=O)cc1)N(C)C(=O)C1CC2CCCC(C1)C2N. The van der Waals surface area contributed by atoms with Gasteiger partial charge in [-0.3, -0.25) is 4.79 Å². The topological polar surface area (TPSA) is 106 Å². The van der Waals surface area contributed by atoms with Crippen molar-refractivity contribution in [1.82, 2.24) is 4.90 Å². The second kappa shape index (κ2) is 7.29. The Morgan fingerprint density at radius 2 is 1.69 bits per heavy atom. The van der Waals surface area contributed by atoms with Crippen LogP contribution in [-0.4, -0.2) is 32.3 Å². The Morgan fingerprint density at radius 1 is 1.15 bits per heavy atom. The minimum Gasteiger partial charge on any atom is -0.339 e. The van der Waals surface area contributed by atoms with Crippen LogP contribution in [0.2, 0.25) is 0 Å². The quantitative estimate of drug-likeness (QED) is 0.834. The predicted octanol–water partition coefficient (Wildman–Crippen LogP) is 2.01. The normalized spacial score (nSPS) is 29.8. The average Bonchev–Trinajstić information content (AvgIpc) is 2.59. The zero-order valence-corrected chi connectivity index (χ0v) is 16.3. The molecule has 144 valence electrons. The van der Waals surface area contributed by atoms with Crippen molar-refractivity contribution in [3.63, 3.8) is 0 Å². The molecule has 2 saturated carbocycles. The Balaban J connectivity index is 1.70. The number of primary sulfonamides is 1. The number of benzene rings is 1. The van der Waals surface area contributed by atoms with E-state index in [1.54, 1.807) is 17.0 Å². The summed E-state index contributed by atoms with van der Waals surface area (Å²) in [5.41, 5.74) is 7.23. The fraction of sp³-hybridized carbons (Fsp3) is 0.632. The third kappa shape index (κ3) is 3.80. The first-order chi connectivity index (χ1) is 12.2. The van der Waals surface area contributed by atoms with Crippen LogP contribution < -0.4 is 10.9 Å². The number of hydrogen-bond donors (Lipinski definition) is 2. The summed E-state index contributed by atoms with van der Waals surface area (Å²) in [7, 11) is -1.88. The molecule has 2 aliphatic rings. The van der Waals surface area contributed by atoms with E-state index in [-0.39, 0.29) is 28.8 Å². The molecule has 1 aromatic rings. The van der Waals surface area contributed by atoms with Gasteiger partial charge in [-0.15, -0.1) is 0 Å². The Bertz CT molecular complexity index is 749. The van der Waals surface area contributed by atoms with E-state index in [1.165, 1.54) is 18.6 Å². The van der Waals surface area contributed by atoms with Gasteiger partial charge in [0.25, 0.3) is 0 Å². The van der Waals surface area contributed by atoms with E-state index in [9.17, 15) is 13.2 Å². The van der Waals surface area contributed by atoms with Crippen LogP contribution >= 0.6 is 0 Å². The maximum Gasteiger partial charge on any atom is 0.238 e. The maximum absolute atomic E-state index is 13.0. The standard InChI is InChI=1S/C19H29N3O3S/c1-12(13-6-8-17(9-7-13)26(21,24)25)22(2)19(23)16-10-14-4-3-5-15(11-16)18(14)20/h6-9,12,14-16,18H,3-5,10-11,20H2,1-2H3,(H2,21,24,25). The molecule has 0 heterocycles. The predicted molar refractivity (Wildman–Crippen MR) is 101 cm³/mol. The van der Waals surface area contributed by atoms with Crippen molar-refractivity contribution in [2.24, 2.45) is 28.6 Å². The van der Waals surface area contributed by atoms with Crippen molar-refractivity contribution in [3.05, 3.63) is 29.8 Å². The summed E-state index contributed by atoms with van der Waals surface area (Å²) in [6.07, 6.45) is 5.27. The lowest BCUT2D eigenvalue weighted by Gasteiger charge is -2.44. The lowest BCUT2D eigenvalue weighted by Crippen LogP contribution is -2.49. The van der Waals surface area contributed by atoms with Crippen molar-refractivity contribution in [1.29, 1.82) is 0 Å². The van der Waals surface area contributed by atoms with Crippen molar-refractivity contribution in [2.75, 3.05) is 7.05 Å². The fourth-order valence-electron chi connectivity index (χ4n) is 4.63. The number of sulfonamides is 1. The third-order valence-corrected chi connectivity index (χ3v) is 7.31. The lowest BCUT2D eigenvalue weighted by molar-refractivity contribution is -0.139. The van der Waals surface area contributed by atoms with Gasteiger partial charge < -0.3 is 10.6 Å². The molecule has 1 amide bonds.